The van der Waals surface area contributed by atoms with Gasteiger partial charge in [-0.25, -0.2) is 0 Å². The van der Waals surface area contributed by atoms with Crippen molar-refractivity contribution >= 4 is 10.9 Å². The van der Waals surface area contributed by atoms with Gasteiger partial charge in [-0.3, -0.25) is 9.69 Å². The third kappa shape index (κ3) is 2.41. The van der Waals surface area contributed by atoms with Gasteiger partial charge in [0.2, 0.25) is 0 Å². The highest BCUT2D eigenvalue weighted by atomic mass is 16.1. The number of hydrogen-bond acceptors (Lipinski definition) is 3. The Balaban J connectivity index is 1.99. The van der Waals surface area contributed by atoms with E-state index in [1.54, 1.807) is 4.57 Å². The smallest absolute Gasteiger partial charge is 0.255 e. The normalized spacial score (nSPS) is 16.9. The quantitative estimate of drug-likeness (QED) is 0.870. The van der Waals surface area contributed by atoms with Crippen LogP contribution in [0.4, 0.5) is 0 Å². The van der Waals surface area contributed by atoms with Gasteiger partial charge in [-0.15, -0.1) is 0 Å². The van der Waals surface area contributed by atoms with Crippen molar-refractivity contribution in [3.05, 3.63) is 46.2 Å². The summed E-state index contributed by atoms with van der Waals surface area (Å²) in [5, 5.41) is 4.47. The predicted octanol–water partition coefficient (Wildman–Crippen LogP) is 0.944. The van der Waals surface area contributed by atoms with Gasteiger partial charge in [-0.1, -0.05) is 18.2 Å². The largest absolute Gasteiger partial charge is 0.314 e. The number of fused-ring (bicyclic) bond motifs is 1. The SMILES string of the molecule is Cn1c(=O)c(CN2CCNCC2)cc2ccccc21. The maximum absolute atomic E-state index is 12.4. The molecule has 1 aromatic carbocycles. The van der Waals surface area contributed by atoms with Crippen molar-refractivity contribution in [1.82, 2.24) is 14.8 Å². The fraction of sp³-hybridized carbons (Fsp3) is 0.400. The Labute approximate surface area is 112 Å². The zero-order valence-electron chi connectivity index (χ0n) is 11.2. The van der Waals surface area contributed by atoms with Crippen molar-refractivity contribution in [2.75, 3.05) is 26.2 Å². The second-order valence-electron chi connectivity index (χ2n) is 5.12. The topological polar surface area (TPSA) is 37.3 Å². The lowest BCUT2D eigenvalue weighted by molar-refractivity contribution is 0.232. The van der Waals surface area contributed by atoms with Crippen LogP contribution in [-0.4, -0.2) is 35.6 Å². The van der Waals surface area contributed by atoms with Crippen LogP contribution in [0.3, 0.4) is 0 Å². The molecule has 100 valence electrons. The third-order valence-electron chi connectivity index (χ3n) is 3.81. The number of para-hydroxylation sites is 1. The van der Waals surface area contributed by atoms with Crippen LogP contribution in [0.15, 0.2) is 35.1 Å². The van der Waals surface area contributed by atoms with Gasteiger partial charge in [0.25, 0.3) is 5.56 Å². The van der Waals surface area contributed by atoms with E-state index in [0.29, 0.717) is 0 Å². The van der Waals surface area contributed by atoms with Crippen molar-refractivity contribution < 1.29 is 0 Å². The first-order valence-corrected chi connectivity index (χ1v) is 6.76. The van der Waals surface area contributed by atoms with Crippen LogP contribution < -0.4 is 10.9 Å². The highest BCUT2D eigenvalue weighted by Crippen LogP contribution is 2.13. The molecule has 1 N–H and O–H groups in total. The standard InChI is InChI=1S/C15H19N3O/c1-17-14-5-3-2-4-12(14)10-13(15(17)19)11-18-8-6-16-7-9-18/h2-5,10,16H,6-9,11H2,1H3. The summed E-state index contributed by atoms with van der Waals surface area (Å²) in [7, 11) is 1.85. The van der Waals surface area contributed by atoms with Crippen LogP contribution in [0.2, 0.25) is 0 Å². The minimum Gasteiger partial charge on any atom is -0.314 e. The third-order valence-corrected chi connectivity index (χ3v) is 3.81. The molecule has 0 amide bonds. The summed E-state index contributed by atoms with van der Waals surface area (Å²) in [5.74, 6) is 0. The molecule has 0 spiro atoms. The number of benzene rings is 1. The lowest BCUT2D eigenvalue weighted by atomic mass is 10.1. The average Bonchev–Trinajstić information content (AvgIpc) is 2.46. The van der Waals surface area contributed by atoms with Gasteiger partial charge in [0.05, 0.1) is 5.52 Å². The second kappa shape index (κ2) is 5.15. The molecule has 3 rings (SSSR count). The van der Waals surface area contributed by atoms with E-state index in [0.717, 1.165) is 49.2 Å². The number of rotatable bonds is 2. The van der Waals surface area contributed by atoms with Crippen molar-refractivity contribution in [3.63, 3.8) is 0 Å². The van der Waals surface area contributed by atoms with Crippen LogP contribution in [0.1, 0.15) is 5.56 Å². The Bertz CT molecular complexity index is 641. The molecule has 0 bridgehead atoms. The average molecular weight is 257 g/mol. The number of nitrogens with one attached hydrogen (secondary N) is 1. The Kier molecular flexibility index (Phi) is 3.36. The van der Waals surface area contributed by atoms with Gasteiger partial charge >= 0.3 is 0 Å². The van der Waals surface area contributed by atoms with Gasteiger partial charge in [0.15, 0.2) is 0 Å². The molecule has 0 unspecified atom stereocenters. The molecular weight excluding hydrogens is 238 g/mol. The number of aryl methyl sites for hydroxylation is 1. The molecule has 2 heterocycles. The fourth-order valence-electron chi connectivity index (χ4n) is 2.71. The summed E-state index contributed by atoms with van der Waals surface area (Å²) in [6.07, 6.45) is 0. The summed E-state index contributed by atoms with van der Waals surface area (Å²) in [4.78, 5) is 14.7. The van der Waals surface area contributed by atoms with Crippen molar-refractivity contribution in [3.8, 4) is 0 Å². The Morgan fingerprint density at radius 3 is 2.74 bits per heavy atom. The number of hydrogen-bond donors (Lipinski definition) is 1. The Hall–Kier alpha value is -1.65. The first-order chi connectivity index (χ1) is 9.25. The van der Waals surface area contributed by atoms with Gasteiger partial charge < -0.3 is 9.88 Å². The second-order valence-corrected chi connectivity index (χ2v) is 5.12. The maximum Gasteiger partial charge on any atom is 0.255 e. The molecule has 0 atom stereocenters. The van der Waals surface area contributed by atoms with E-state index in [-0.39, 0.29) is 5.56 Å². The van der Waals surface area contributed by atoms with E-state index < -0.39 is 0 Å². The van der Waals surface area contributed by atoms with Crippen molar-refractivity contribution in [1.29, 1.82) is 0 Å². The molecule has 1 aliphatic rings. The Morgan fingerprint density at radius 2 is 1.95 bits per heavy atom. The number of piperazine rings is 1. The van der Waals surface area contributed by atoms with Crippen LogP contribution in [-0.2, 0) is 13.6 Å². The number of aromatic nitrogens is 1. The minimum absolute atomic E-state index is 0.122. The first-order valence-electron chi connectivity index (χ1n) is 6.76. The zero-order chi connectivity index (χ0) is 13.2. The van der Waals surface area contributed by atoms with Crippen molar-refractivity contribution in [2.45, 2.75) is 6.54 Å². The van der Waals surface area contributed by atoms with E-state index in [4.69, 9.17) is 0 Å². The maximum atomic E-state index is 12.4. The number of pyridine rings is 1. The molecule has 4 heteroatoms. The van der Waals surface area contributed by atoms with Gasteiger partial charge in [0.1, 0.15) is 0 Å². The summed E-state index contributed by atoms with van der Waals surface area (Å²) in [5.41, 5.74) is 2.01. The molecule has 1 saturated heterocycles. The van der Waals surface area contributed by atoms with Gasteiger partial charge in [-0.2, -0.15) is 0 Å². The fourth-order valence-corrected chi connectivity index (χ4v) is 2.71. The molecule has 4 nitrogen and oxygen atoms in total. The summed E-state index contributed by atoms with van der Waals surface area (Å²) in [6.45, 7) is 4.78. The molecule has 1 aromatic heterocycles. The minimum atomic E-state index is 0.122. The molecule has 19 heavy (non-hydrogen) atoms. The molecule has 1 fully saturated rings. The molecule has 0 aliphatic carbocycles. The van der Waals surface area contributed by atoms with E-state index in [2.05, 4.69) is 16.3 Å². The lowest BCUT2D eigenvalue weighted by Gasteiger charge is -2.27. The summed E-state index contributed by atoms with van der Waals surface area (Å²) < 4.78 is 1.76. The molecule has 0 radical (unpaired) electrons. The van der Waals surface area contributed by atoms with Gasteiger partial charge in [-0.05, 0) is 17.5 Å². The molecule has 2 aromatic rings. The lowest BCUT2D eigenvalue weighted by Crippen LogP contribution is -2.43. The summed E-state index contributed by atoms with van der Waals surface area (Å²) >= 11 is 0. The summed E-state index contributed by atoms with van der Waals surface area (Å²) in [6, 6.07) is 10.1. The molecule has 1 aliphatic heterocycles. The van der Waals surface area contributed by atoms with E-state index in [9.17, 15) is 4.79 Å². The van der Waals surface area contributed by atoms with E-state index >= 15 is 0 Å². The van der Waals surface area contributed by atoms with Gasteiger partial charge in [0, 0.05) is 45.3 Å². The zero-order valence-corrected chi connectivity index (χ0v) is 11.2. The molecule has 0 saturated carbocycles. The highest BCUT2D eigenvalue weighted by Gasteiger charge is 2.13. The van der Waals surface area contributed by atoms with Crippen molar-refractivity contribution in [2.24, 2.45) is 7.05 Å². The van der Waals surface area contributed by atoms with Crippen LogP contribution >= 0.6 is 0 Å². The Morgan fingerprint density at radius 1 is 1.21 bits per heavy atom. The van der Waals surface area contributed by atoms with Crippen LogP contribution in [0, 0.1) is 0 Å². The van der Waals surface area contributed by atoms with Crippen LogP contribution in [0.5, 0.6) is 0 Å². The van der Waals surface area contributed by atoms with E-state index in [1.165, 1.54) is 0 Å². The first kappa shape index (κ1) is 12.4. The van der Waals surface area contributed by atoms with Crippen LogP contribution in [0.25, 0.3) is 10.9 Å². The number of nitrogens with zero attached hydrogens (tertiary/aromatic N) is 2. The monoisotopic (exact) mass is 257 g/mol. The van der Waals surface area contributed by atoms with E-state index in [1.807, 2.05) is 31.3 Å². The molecular formula is C15H19N3O. The predicted molar refractivity (Wildman–Crippen MR) is 77.3 cm³/mol. The highest BCUT2D eigenvalue weighted by molar-refractivity contribution is 5.79.